The van der Waals surface area contributed by atoms with E-state index in [1.165, 1.54) is 22.7 Å². The summed E-state index contributed by atoms with van der Waals surface area (Å²) in [6, 6.07) is 9.09. The summed E-state index contributed by atoms with van der Waals surface area (Å²) in [7, 11) is 4.14. The number of nitrogens with zero attached hydrogens (tertiary/aromatic N) is 3. The summed E-state index contributed by atoms with van der Waals surface area (Å²) < 4.78 is 27.9. The molecule has 3 N–H and O–H groups in total. The molecule has 1 aliphatic heterocycles. The highest BCUT2D eigenvalue weighted by molar-refractivity contribution is 7.98. The molecule has 0 amide bonds. The quantitative estimate of drug-likeness (QED) is 0.464. The van der Waals surface area contributed by atoms with Crippen LogP contribution >= 0.6 is 11.8 Å². The molecule has 0 saturated carbocycles. The lowest BCUT2D eigenvalue weighted by atomic mass is 10.0. The van der Waals surface area contributed by atoms with Crippen LogP contribution in [-0.2, 0) is 11.2 Å². The number of anilines is 3. The average molecular weight is 491 g/mol. The number of quaternary nitrogens is 1. The van der Waals surface area contributed by atoms with Crippen molar-refractivity contribution in [2.24, 2.45) is 5.92 Å². The number of alkyl halides is 2. The van der Waals surface area contributed by atoms with Gasteiger partial charge in [0, 0.05) is 23.4 Å². The molecule has 2 atom stereocenters. The number of aromatic nitrogens is 1. The standard InChI is InChI=1S/C24H29F2N5O2S/c1-14(24(32)33)9-15-5-6-20(34-4)19(10-15)28-23-18(12-27)17(22(25)26)11-21(29-23)31-8-7-16(13-31)30(2)3/h5-6,10-11,14,16,22H,7-9,13H2,1-4H3,(H,28,29)(H,32,33)/p+1/t14-,16-/m0/s1. The third kappa shape index (κ3) is 5.77. The van der Waals surface area contributed by atoms with Crippen molar-refractivity contribution in [3.63, 3.8) is 0 Å². The molecule has 2 heterocycles. The van der Waals surface area contributed by atoms with Crippen LogP contribution in [0.2, 0.25) is 0 Å². The number of thioether (sulfide) groups is 1. The van der Waals surface area contributed by atoms with E-state index in [0.717, 1.165) is 16.9 Å². The van der Waals surface area contributed by atoms with E-state index in [1.54, 1.807) is 13.0 Å². The maximum atomic E-state index is 13.9. The van der Waals surface area contributed by atoms with Crippen LogP contribution in [0.5, 0.6) is 0 Å². The van der Waals surface area contributed by atoms with Crippen LogP contribution in [0, 0.1) is 17.2 Å². The first-order chi connectivity index (χ1) is 16.1. The number of rotatable bonds is 9. The van der Waals surface area contributed by atoms with E-state index in [0.29, 0.717) is 37.1 Å². The lowest BCUT2D eigenvalue weighted by Crippen LogP contribution is -3.10. The Balaban J connectivity index is 2.02. The van der Waals surface area contributed by atoms with E-state index >= 15 is 0 Å². The molecule has 7 nitrogen and oxygen atoms in total. The molecule has 1 fully saturated rings. The number of benzene rings is 1. The minimum Gasteiger partial charge on any atom is -0.481 e. The SMILES string of the molecule is CSc1ccc(C[C@H](C)C(=O)O)cc1Nc1nc(N2CC[C@H]([NH+](C)C)C2)cc(C(F)F)c1C#N. The number of likely N-dealkylation sites (N-methyl/N-ethyl adjacent to an activating group) is 1. The summed E-state index contributed by atoms with van der Waals surface area (Å²) in [6.45, 7) is 3.03. The van der Waals surface area contributed by atoms with Gasteiger partial charge in [-0.05, 0) is 36.4 Å². The number of aliphatic carboxylic acids is 1. The summed E-state index contributed by atoms with van der Waals surface area (Å²) in [6.07, 6.45) is 0.310. The van der Waals surface area contributed by atoms with Crippen LogP contribution in [0.15, 0.2) is 29.2 Å². The molecule has 3 rings (SSSR count). The Morgan fingerprint density at radius 3 is 2.71 bits per heavy atom. The highest BCUT2D eigenvalue weighted by atomic mass is 32.2. The van der Waals surface area contributed by atoms with Crippen molar-refractivity contribution >= 4 is 35.1 Å². The number of nitriles is 1. The predicted molar refractivity (Wildman–Crippen MR) is 129 cm³/mol. The van der Waals surface area contributed by atoms with Gasteiger partial charge in [-0.25, -0.2) is 13.8 Å². The number of carboxylic acids is 1. The molecule has 182 valence electrons. The summed E-state index contributed by atoms with van der Waals surface area (Å²) >= 11 is 1.45. The molecule has 1 aromatic heterocycles. The Morgan fingerprint density at radius 2 is 2.15 bits per heavy atom. The second-order valence-corrected chi connectivity index (χ2v) is 9.67. The van der Waals surface area contributed by atoms with Crippen LogP contribution in [-0.4, -0.2) is 55.5 Å². The third-order valence-electron chi connectivity index (χ3n) is 6.19. The first-order valence-electron chi connectivity index (χ1n) is 11.1. The van der Waals surface area contributed by atoms with E-state index in [9.17, 15) is 23.9 Å². The number of halogens is 2. The van der Waals surface area contributed by atoms with Crippen molar-refractivity contribution in [1.29, 1.82) is 5.26 Å². The number of hydrogen-bond acceptors (Lipinski definition) is 6. The van der Waals surface area contributed by atoms with Crippen molar-refractivity contribution in [3.05, 3.63) is 41.0 Å². The largest absolute Gasteiger partial charge is 0.481 e. The van der Waals surface area contributed by atoms with Gasteiger partial charge < -0.3 is 20.2 Å². The molecule has 0 radical (unpaired) electrons. The number of nitrogens with one attached hydrogen (secondary N) is 2. The highest BCUT2D eigenvalue weighted by Crippen LogP contribution is 2.35. The maximum absolute atomic E-state index is 13.9. The minimum atomic E-state index is -2.82. The van der Waals surface area contributed by atoms with Crippen molar-refractivity contribution in [2.75, 3.05) is 43.7 Å². The average Bonchev–Trinajstić information content (AvgIpc) is 3.29. The molecule has 1 saturated heterocycles. The smallest absolute Gasteiger partial charge is 0.306 e. The molecule has 10 heteroatoms. The van der Waals surface area contributed by atoms with Gasteiger partial charge in [0.15, 0.2) is 5.82 Å². The second-order valence-electron chi connectivity index (χ2n) is 8.82. The number of pyridine rings is 1. The predicted octanol–water partition coefficient (Wildman–Crippen LogP) is 3.34. The molecular weight excluding hydrogens is 460 g/mol. The third-order valence-corrected chi connectivity index (χ3v) is 6.99. The van der Waals surface area contributed by atoms with Crippen LogP contribution in [0.4, 0.5) is 26.1 Å². The van der Waals surface area contributed by atoms with E-state index in [-0.39, 0.29) is 16.9 Å². The first kappa shape index (κ1) is 25.7. The van der Waals surface area contributed by atoms with Crippen molar-refractivity contribution in [1.82, 2.24) is 4.98 Å². The summed E-state index contributed by atoms with van der Waals surface area (Å²) in [5.74, 6) is -0.970. The zero-order valence-corrected chi connectivity index (χ0v) is 20.5. The van der Waals surface area contributed by atoms with Gasteiger partial charge in [-0.15, -0.1) is 11.8 Å². The minimum absolute atomic E-state index is 0.0784. The molecule has 0 aliphatic carbocycles. The van der Waals surface area contributed by atoms with Gasteiger partial charge in [0.25, 0.3) is 6.43 Å². The maximum Gasteiger partial charge on any atom is 0.306 e. The molecule has 0 bridgehead atoms. The van der Waals surface area contributed by atoms with Crippen molar-refractivity contribution in [2.45, 2.75) is 37.1 Å². The summed E-state index contributed by atoms with van der Waals surface area (Å²) in [5, 5.41) is 22.1. The molecule has 2 aromatic rings. The molecule has 1 aliphatic rings. The normalized spacial score (nSPS) is 16.7. The molecular formula is C24H30F2N5O2S+. The van der Waals surface area contributed by atoms with Crippen LogP contribution in [0.1, 0.15) is 36.5 Å². The molecule has 0 spiro atoms. The fourth-order valence-electron chi connectivity index (χ4n) is 4.08. The summed E-state index contributed by atoms with van der Waals surface area (Å²) in [4.78, 5) is 20.0. The zero-order valence-electron chi connectivity index (χ0n) is 19.7. The Morgan fingerprint density at radius 1 is 1.41 bits per heavy atom. The van der Waals surface area contributed by atoms with Gasteiger partial charge in [-0.3, -0.25) is 4.79 Å². The van der Waals surface area contributed by atoms with Crippen LogP contribution in [0.3, 0.4) is 0 Å². The van der Waals surface area contributed by atoms with Gasteiger partial charge >= 0.3 is 5.97 Å². The van der Waals surface area contributed by atoms with Crippen molar-refractivity contribution in [3.8, 4) is 6.07 Å². The van der Waals surface area contributed by atoms with Gasteiger partial charge in [0.05, 0.1) is 32.2 Å². The number of carboxylic acid groups (broad SMARTS) is 1. The Hall–Kier alpha value is -2.90. The fraction of sp³-hybridized carbons (Fsp3) is 0.458. The highest BCUT2D eigenvalue weighted by Gasteiger charge is 2.30. The Bertz CT molecular complexity index is 1090. The summed E-state index contributed by atoms with van der Waals surface area (Å²) in [5.41, 5.74) is 0.845. The molecule has 34 heavy (non-hydrogen) atoms. The number of carbonyl (C=O) groups is 1. The lowest BCUT2D eigenvalue weighted by molar-refractivity contribution is -0.882. The van der Waals surface area contributed by atoms with E-state index in [1.807, 2.05) is 29.4 Å². The monoisotopic (exact) mass is 490 g/mol. The Labute approximate surface area is 202 Å². The zero-order chi connectivity index (χ0) is 25.0. The topological polar surface area (TPSA) is 93.7 Å². The van der Waals surface area contributed by atoms with E-state index < -0.39 is 18.3 Å². The van der Waals surface area contributed by atoms with Gasteiger partial charge in [0.1, 0.15) is 23.5 Å². The molecule has 1 aromatic carbocycles. The van der Waals surface area contributed by atoms with Crippen molar-refractivity contribution < 1.29 is 23.6 Å². The second kappa shape index (κ2) is 11.0. The van der Waals surface area contributed by atoms with E-state index in [4.69, 9.17) is 0 Å². The lowest BCUT2D eigenvalue weighted by Gasteiger charge is -2.22. The van der Waals surface area contributed by atoms with Gasteiger partial charge in [0.2, 0.25) is 0 Å². The number of hydrogen-bond donors (Lipinski definition) is 3. The first-order valence-corrected chi connectivity index (χ1v) is 12.3. The van der Waals surface area contributed by atoms with Gasteiger partial charge in [-0.2, -0.15) is 5.26 Å². The van der Waals surface area contributed by atoms with Gasteiger partial charge in [-0.1, -0.05) is 13.0 Å². The van der Waals surface area contributed by atoms with Crippen LogP contribution in [0.25, 0.3) is 0 Å². The molecule has 0 unspecified atom stereocenters. The van der Waals surface area contributed by atoms with Crippen LogP contribution < -0.4 is 15.1 Å². The fourth-order valence-corrected chi connectivity index (χ4v) is 4.61. The Kier molecular flexibility index (Phi) is 8.33. The van der Waals surface area contributed by atoms with E-state index in [2.05, 4.69) is 24.4 Å².